The topological polar surface area (TPSA) is 85.1 Å². The molecular formula is C20H18FN3O3S. The van der Waals surface area contributed by atoms with Gasteiger partial charge in [0.1, 0.15) is 10.8 Å². The van der Waals surface area contributed by atoms with Gasteiger partial charge in [0.2, 0.25) is 5.91 Å². The van der Waals surface area contributed by atoms with Crippen LogP contribution >= 0.6 is 11.8 Å². The Morgan fingerprint density at radius 1 is 1.21 bits per heavy atom. The van der Waals surface area contributed by atoms with Crippen molar-refractivity contribution in [3.63, 3.8) is 0 Å². The third-order valence-electron chi connectivity index (χ3n) is 3.90. The number of hydrogen-bond donors (Lipinski definition) is 1. The molecule has 0 radical (unpaired) electrons. The summed E-state index contributed by atoms with van der Waals surface area (Å²) in [5.74, 6) is -0.152. The van der Waals surface area contributed by atoms with Crippen molar-refractivity contribution >= 4 is 29.1 Å². The third-order valence-corrected chi connectivity index (χ3v) is 4.99. The fraction of sp³-hybridized carbons (Fsp3) is 0.200. The smallest absolute Gasteiger partial charge is 0.237 e. The van der Waals surface area contributed by atoms with Crippen LogP contribution in [0.4, 0.5) is 10.1 Å². The molecule has 0 aliphatic rings. The summed E-state index contributed by atoms with van der Waals surface area (Å²) in [6.07, 6.45) is 1.51. The number of rotatable bonds is 6. The number of Topliss-reactive ketones (excluding diaryl/α,β-unsaturated/α-hetero) is 1. The number of benzene rings is 1. The highest BCUT2D eigenvalue weighted by atomic mass is 32.2. The maximum atomic E-state index is 13.3. The van der Waals surface area contributed by atoms with Gasteiger partial charge in [0.05, 0.1) is 22.8 Å². The maximum absolute atomic E-state index is 13.3. The monoisotopic (exact) mass is 399 g/mol. The van der Waals surface area contributed by atoms with Gasteiger partial charge in [-0.2, -0.15) is 0 Å². The molecule has 1 amide bonds. The second kappa shape index (κ2) is 8.35. The van der Waals surface area contributed by atoms with Gasteiger partial charge in [-0.05, 0) is 51.1 Å². The van der Waals surface area contributed by atoms with Crippen LogP contribution in [0.3, 0.4) is 0 Å². The van der Waals surface area contributed by atoms with Crippen LogP contribution in [0.5, 0.6) is 0 Å². The molecule has 1 atom stereocenters. The molecule has 2 aromatic heterocycles. The number of furan rings is 1. The average molecular weight is 399 g/mol. The fourth-order valence-electron chi connectivity index (χ4n) is 2.58. The lowest BCUT2D eigenvalue weighted by molar-refractivity contribution is -0.115. The largest absolute Gasteiger partial charge is 0.461 e. The van der Waals surface area contributed by atoms with E-state index in [0.717, 1.165) is 11.8 Å². The van der Waals surface area contributed by atoms with Gasteiger partial charge in [-0.25, -0.2) is 14.4 Å². The molecule has 0 unspecified atom stereocenters. The third kappa shape index (κ3) is 4.45. The molecule has 0 fully saturated rings. The highest BCUT2D eigenvalue weighted by molar-refractivity contribution is 8.00. The van der Waals surface area contributed by atoms with Gasteiger partial charge in [0.25, 0.3) is 0 Å². The summed E-state index contributed by atoms with van der Waals surface area (Å²) in [4.78, 5) is 33.4. The van der Waals surface area contributed by atoms with E-state index in [1.165, 1.54) is 31.4 Å². The first-order chi connectivity index (χ1) is 13.3. The number of anilines is 1. The standard InChI is InChI=1S/C20H18FN3O3S/c1-11-17(12(2)25)20(24-18(22-11)16-8-5-9-27-16)28-13(3)19(26)23-15-7-4-6-14(21)10-15/h4-10,13H,1-3H3,(H,23,26)/t13-/m1/s1. The van der Waals surface area contributed by atoms with Crippen molar-refractivity contribution < 1.29 is 18.4 Å². The van der Waals surface area contributed by atoms with Crippen LogP contribution in [0, 0.1) is 12.7 Å². The molecule has 3 aromatic rings. The Morgan fingerprint density at radius 3 is 2.64 bits per heavy atom. The SMILES string of the molecule is CC(=O)c1c(C)nc(-c2ccco2)nc1S[C@H](C)C(=O)Nc1cccc(F)c1. The molecule has 6 nitrogen and oxygen atoms in total. The van der Waals surface area contributed by atoms with Crippen molar-refractivity contribution in [1.82, 2.24) is 9.97 Å². The number of carbonyl (C=O) groups is 2. The lowest BCUT2D eigenvalue weighted by Gasteiger charge is -2.15. The van der Waals surface area contributed by atoms with E-state index in [1.807, 2.05) is 0 Å². The minimum absolute atomic E-state index is 0.191. The van der Waals surface area contributed by atoms with Crippen molar-refractivity contribution in [2.45, 2.75) is 31.0 Å². The van der Waals surface area contributed by atoms with Crippen LogP contribution in [0.25, 0.3) is 11.6 Å². The number of hydrogen-bond acceptors (Lipinski definition) is 6. The molecule has 28 heavy (non-hydrogen) atoms. The lowest BCUT2D eigenvalue weighted by atomic mass is 10.2. The number of amides is 1. The molecule has 144 valence electrons. The van der Waals surface area contributed by atoms with E-state index >= 15 is 0 Å². The number of thioether (sulfide) groups is 1. The van der Waals surface area contributed by atoms with Crippen LogP contribution in [-0.2, 0) is 4.79 Å². The maximum Gasteiger partial charge on any atom is 0.237 e. The quantitative estimate of drug-likeness (QED) is 0.373. The molecule has 0 spiro atoms. The Kier molecular flexibility index (Phi) is 5.89. The van der Waals surface area contributed by atoms with Crippen molar-refractivity contribution in [2.24, 2.45) is 0 Å². The van der Waals surface area contributed by atoms with Crippen LogP contribution in [0.15, 0.2) is 52.1 Å². The first kappa shape index (κ1) is 19.8. The Labute approximate surface area is 165 Å². The fourth-order valence-corrected chi connectivity index (χ4v) is 3.63. The number of aryl methyl sites for hydroxylation is 1. The van der Waals surface area contributed by atoms with Crippen molar-refractivity contribution in [3.05, 3.63) is 59.7 Å². The highest BCUT2D eigenvalue weighted by Gasteiger charge is 2.23. The van der Waals surface area contributed by atoms with Crippen molar-refractivity contribution in [1.29, 1.82) is 0 Å². The molecule has 3 rings (SSSR count). The first-order valence-corrected chi connectivity index (χ1v) is 9.39. The molecule has 0 saturated heterocycles. The molecule has 1 aromatic carbocycles. The Hall–Kier alpha value is -3.00. The Balaban J connectivity index is 1.87. The van der Waals surface area contributed by atoms with E-state index in [4.69, 9.17) is 4.42 Å². The normalized spacial score (nSPS) is 11.9. The second-order valence-electron chi connectivity index (χ2n) is 6.11. The summed E-state index contributed by atoms with van der Waals surface area (Å²) in [6.45, 7) is 4.83. The van der Waals surface area contributed by atoms with E-state index in [-0.39, 0.29) is 11.7 Å². The van der Waals surface area contributed by atoms with Gasteiger partial charge in [0.15, 0.2) is 17.4 Å². The van der Waals surface area contributed by atoms with E-state index in [2.05, 4.69) is 15.3 Å². The Bertz CT molecular complexity index is 1020. The number of carbonyl (C=O) groups excluding carboxylic acids is 2. The summed E-state index contributed by atoms with van der Waals surface area (Å²) in [6, 6.07) is 9.09. The first-order valence-electron chi connectivity index (χ1n) is 8.51. The summed E-state index contributed by atoms with van der Waals surface area (Å²) in [5.41, 5.74) is 1.24. The van der Waals surface area contributed by atoms with Gasteiger partial charge in [0, 0.05) is 5.69 Å². The van der Waals surface area contributed by atoms with E-state index in [1.54, 1.807) is 32.0 Å². The van der Waals surface area contributed by atoms with E-state index in [0.29, 0.717) is 33.6 Å². The molecular weight excluding hydrogens is 381 g/mol. The van der Waals surface area contributed by atoms with E-state index in [9.17, 15) is 14.0 Å². The minimum Gasteiger partial charge on any atom is -0.461 e. The van der Waals surface area contributed by atoms with Gasteiger partial charge in [-0.3, -0.25) is 9.59 Å². The molecule has 0 aliphatic heterocycles. The predicted octanol–water partition coefficient (Wildman–Crippen LogP) is 4.51. The van der Waals surface area contributed by atoms with Gasteiger partial charge in [-0.15, -0.1) is 0 Å². The van der Waals surface area contributed by atoms with E-state index < -0.39 is 11.1 Å². The zero-order valence-corrected chi connectivity index (χ0v) is 16.3. The lowest BCUT2D eigenvalue weighted by Crippen LogP contribution is -2.23. The number of halogens is 1. The minimum atomic E-state index is -0.583. The molecule has 8 heteroatoms. The number of ketones is 1. The van der Waals surface area contributed by atoms with Crippen LogP contribution in [-0.4, -0.2) is 26.9 Å². The van der Waals surface area contributed by atoms with Gasteiger partial charge >= 0.3 is 0 Å². The Morgan fingerprint density at radius 2 is 2.00 bits per heavy atom. The molecule has 0 saturated carbocycles. The van der Waals surface area contributed by atoms with Crippen molar-refractivity contribution in [2.75, 3.05) is 5.32 Å². The van der Waals surface area contributed by atoms with Crippen molar-refractivity contribution in [3.8, 4) is 11.6 Å². The van der Waals surface area contributed by atoms with Gasteiger partial charge in [-0.1, -0.05) is 17.8 Å². The van der Waals surface area contributed by atoms with Crippen LogP contribution in [0.1, 0.15) is 29.9 Å². The van der Waals surface area contributed by atoms with Gasteiger partial charge < -0.3 is 9.73 Å². The molecule has 0 aliphatic carbocycles. The summed E-state index contributed by atoms with van der Waals surface area (Å²) >= 11 is 1.14. The molecule has 0 bridgehead atoms. The molecule has 2 heterocycles. The summed E-state index contributed by atoms with van der Waals surface area (Å²) < 4.78 is 18.6. The van der Waals surface area contributed by atoms with Crippen LogP contribution < -0.4 is 5.32 Å². The second-order valence-corrected chi connectivity index (χ2v) is 7.44. The summed E-state index contributed by atoms with van der Waals surface area (Å²) in [5, 5.41) is 2.47. The van der Waals surface area contributed by atoms with Crippen LogP contribution in [0.2, 0.25) is 0 Å². The summed E-state index contributed by atoms with van der Waals surface area (Å²) in [7, 11) is 0. The number of nitrogens with one attached hydrogen (secondary N) is 1. The highest BCUT2D eigenvalue weighted by Crippen LogP contribution is 2.30. The zero-order valence-electron chi connectivity index (χ0n) is 15.5. The number of aromatic nitrogens is 2. The number of nitrogens with zero attached hydrogens (tertiary/aromatic N) is 2. The zero-order chi connectivity index (χ0) is 20.3. The average Bonchev–Trinajstić information content (AvgIpc) is 3.15. The predicted molar refractivity (Wildman–Crippen MR) is 105 cm³/mol. The molecule has 1 N–H and O–H groups in total.